The molecule has 1 heterocycles. The van der Waals surface area contributed by atoms with Gasteiger partial charge in [0.25, 0.3) is 0 Å². The first-order valence-electron chi connectivity index (χ1n) is 9.24. The summed E-state index contributed by atoms with van der Waals surface area (Å²) in [5, 5.41) is 9.03. The van der Waals surface area contributed by atoms with Gasteiger partial charge in [0.05, 0.1) is 19.1 Å². The Bertz CT molecular complexity index is 657. The molecule has 1 N–H and O–H groups in total. The van der Waals surface area contributed by atoms with Gasteiger partial charge in [-0.3, -0.25) is 14.4 Å². The van der Waals surface area contributed by atoms with Gasteiger partial charge in [0.1, 0.15) is 5.75 Å². The molecule has 1 aromatic carbocycles. The van der Waals surface area contributed by atoms with E-state index < -0.39 is 5.97 Å². The molecule has 1 aliphatic rings. The molecular formula is C20H27NO6. The molecule has 1 saturated heterocycles. The highest BCUT2D eigenvalue weighted by molar-refractivity contribution is 5.98. The minimum atomic E-state index is -0.948. The zero-order chi connectivity index (χ0) is 19.8. The van der Waals surface area contributed by atoms with Gasteiger partial charge in [-0.15, -0.1) is 0 Å². The fraction of sp³-hybridized carbons (Fsp3) is 0.550. The number of likely N-dealkylation sites (tertiary alicyclic amines) is 1. The molecule has 0 aliphatic carbocycles. The van der Waals surface area contributed by atoms with E-state index in [1.54, 1.807) is 31.4 Å². The van der Waals surface area contributed by atoms with Crippen LogP contribution in [0.4, 0.5) is 0 Å². The van der Waals surface area contributed by atoms with E-state index in [4.69, 9.17) is 14.6 Å². The number of hydrogen-bond donors (Lipinski definition) is 1. The Labute approximate surface area is 159 Å². The summed E-state index contributed by atoms with van der Waals surface area (Å²) in [6, 6.07) is 6.50. The average molecular weight is 377 g/mol. The second kappa shape index (κ2) is 10.1. The molecule has 0 spiro atoms. The Hall–Kier alpha value is -2.41. The predicted molar refractivity (Wildman–Crippen MR) is 99.0 cm³/mol. The number of ether oxygens (including phenoxy) is 2. The van der Waals surface area contributed by atoms with Crippen molar-refractivity contribution in [3.8, 4) is 5.75 Å². The summed E-state index contributed by atoms with van der Waals surface area (Å²) in [6.45, 7) is 3.01. The van der Waals surface area contributed by atoms with Gasteiger partial charge in [-0.25, -0.2) is 0 Å². The molecule has 7 nitrogen and oxygen atoms in total. The number of carboxylic acid groups (broad SMARTS) is 1. The molecule has 0 aromatic heterocycles. The number of Topliss-reactive ketones (excluding diaryl/α,β-unsaturated/α-hetero) is 1. The van der Waals surface area contributed by atoms with Crippen LogP contribution < -0.4 is 4.74 Å². The van der Waals surface area contributed by atoms with Gasteiger partial charge in [-0.05, 0) is 37.1 Å². The number of carbonyl (C=O) groups is 3. The zero-order valence-electron chi connectivity index (χ0n) is 15.8. The van der Waals surface area contributed by atoms with Crippen molar-refractivity contribution in [3.63, 3.8) is 0 Å². The van der Waals surface area contributed by atoms with Crippen LogP contribution in [-0.2, 0) is 14.3 Å². The van der Waals surface area contributed by atoms with E-state index in [1.807, 2.05) is 6.92 Å². The standard InChI is InChI=1S/C20H27NO6/c1-3-10-27-16-6-4-14(5-7-16)18(22)8-9-19(23)21-13-17(26-2)11-15(21)12-20(24)25/h4-7,15,17H,3,8-13H2,1-2H3,(H,24,25). The maximum Gasteiger partial charge on any atom is 0.305 e. The summed E-state index contributed by atoms with van der Waals surface area (Å²) in [6.07, 6.45) is 1.28. The largest absolute Gasteiger partial charge is 0.494 e. The predicted octanol–water partition coefficient (Wildman–Crippen LogP) is 2.53. The second-order valence-corrected chi connectivity index (χ2v) is 6.69. The molecule has 1 fully saturated rings. The van der Waals surface area contributed by atoms with Crippen LogP contribution in [0, 0.1) is 0 Å². The van der Waals surface area contributed by atoms with E-state index in [2.05, 4.69) is 0 Å². The van der Waals surface area contributed by atoms with E-state index in [1.165, 1.54) is 4.90 Å². The number of amides is 1. The van der Waals surface area contributed by atoms with Crippen LogP contribution >= 0.6 is 0 Å². The third kappa shape index (κ3) is 6.06. The lowest BCUT2D eigenvalue weighted by atomic mass is 10.1. The van der Waals surface area contributed by atoms with Gasteiger partial charge in [-0.1, -0.05) is 6.92 Å². The van der Waals surface area contributed by atoms with Crippen molar-refractivity contribution in [3.05, 3.63) is 29.8 Å². The van der Waals surface area contributed by atoms with Crippen LogP contribution in [0.15, 0.2) is 24.3 Å². The van der Waals surface area contributed by atoms with Crippen molar-refractivity contribution in [2.24, 2.45) is 0 Å². The van der Waals surface area contributed by atoms with E-state index in [9.17, 15) is 14.4 Å². The highest BCUT2D eigenvalue weighted by Gasteiger charge is 2.36. The summed E-state index contributed by atoms with van der Waals surface area (Å²) < 4.78 is 10.8. The molecule has 2 unspecified atom stereocenters. The number of nitrogens with zero attached hydrogens (tertiary/aromatic N) is 1. The van der Waals surface area contributed by atoms with E-state index in [0.717, 1.165) is 6.42 Å². The summed E-state index contributed by atoms with van der Waals surface area (Å²) in [5.74, 6) is -0.570. The van der Waals surface area contributed by atoms with Gasteiger partial charge in [-0.2, -0.15) is 0 Å². The highest BCUT2D eigenvalue weighted by atomic mass is 16.5. The summed E-state index contributed by atoms with van der Waals surface area (Å²) >= 11 is 0. The minimum absolute atomic E-state index is 0.0550. The van der Waals surface area contributed by atoms with Crippen molar-refractivity contribution in [1.82, 2.24) is 4.90 Å². The molecule has 7 heteroatoms. The molecule has 148 valence electrons. The number of carbonyl (C=O) groups excluding carboxylic acids is 2. The van der Waals surface area contributed by atoms with Crippen LogP contribution in [-0.4, -0.2) is 60.1 Å². The fourth-order valence-electron chi connectivity index (χ4n) is 3.21. The lowest BCUT2D eigenvalue weighted by Gasteiger charge is -2.23. The monoisotopic (exact) mass is 377 g/mol. The van der Waals surface area contributed by atoms with Gasteiger partial charge in [0, 0.05) is 38.1 Å². The molecular weight excluding hydrogens is 350 g/mol. The van der Waals surface area contributed by atoms with Crippen LogP contribution in [0.5, 0.6) is 5.75 Å². The number of methoxy groups -OCH3 is 1. The normalized spacial score (nSPS) is 19.1. The highest BCUT2D eigenvalue weighted by Crippen LogP contribution is 2.24. The molecule has 0 bridgehead atoms. The number of aliphatic carboxylic acids is 1. The van der Waals surface area contributed by atoms with Crippen molar-refractivity contribution in [1.29, 1.82) is 0 Å². The Morgan fingerprint density at radius 3 is 2.48 bits per heavy atom. The third-order valence-electron chi connectivity index (χ3n) is 4.66. The van der Waals surface area contributed by atoms with Crippen molar-refractivity contribution < 1.29 is 29.0 Å². The maximum absolute atomic E-state index is 12.5. The van der Waals surface area contributed by atoms with Crippen LogP contribution in [0.25, 0.3) is 0 Å². The number of rotatable bonds is 10. The van der Waals surface area contributed by atoms with Gasteiger partial charge in [0.2, 0.25) is 5.91 Å². The summed E-state index contributed by atoms with van der Waals surface area (Å²) in [7, 11) is 1.55. The van der Waals surface area contributed by atoms with Crippen molar-refractivity contribution in [2.45, 2.75) is 51.2 Å². The molecule has 0 radical (unpaired) electrons. The Morgan fingerprint density at radius 1 is 1.19 bits per heavy atom. The Morgan fingerprint density at radius 2 is 1.89 bits per heavy atom. The molecule has 0 saturated carbocycles. The smallest absolute Gasteiger partial charge is 0.305 e. The van der Waals surface area contributed by atoms with Crippen LogP contribution in [0.3, 0.4) is 0 Å². The SMILES string of the molecule is CCCOc1ccc(C(=O)CCC(=O)N2CC(OC)CC2CC(=O)O)cc1. The molecule has 1 amide bonds. The first kappa shape index (κ1) is 20.9. The maximum atomic E-state index is 12.5. The summed E-state index contributed by atoms with van der Waals surface area (Å²) in [4.78, 5) is 37.4. The summed E-state index contributed by atoms with van der Waals surface area (Å²) in [5.41, 5.74) is 0.532. The number of ketones is 1. The van der Waals surface area contributed by atoms with Crippen LogP contribution in [0.1, 0.15) is 49.4 Å². The third-order valence-corrected chi connectivity index (χ3v) is 4.66. The quantitative estimate of drug-likeness (QED) is 0.630. The van der Waals surface area contributed by atoms with E-state index in [0.29, 0.717) is 30.9 Å². The molecule has 2 rings (SSSR count). The lowest BCUT2D eigenvalue weighted by Crippen LogP contribution is -2.37. The van der Waals surface area contributed by atoms with Gasteiger partial charge in [0.15, 0.2) is 5.78 Å². The van der Waals surface area contributed by atoms with E-state index >= 15 is 0 Å². The lowest BCUT2D eigenvalue weighted by molar-refractivity contribution is -0.139. The van der Waals surface area contributed by atoms with Crippen molar-refractivity contribution >= 4 is 17.7 Å². The van der Waals surface area contributed by atoms with Crippen molar-refractivity contribution in [2.75, 3.05) is 20.3 Å². The molecule has 1 aromatic rings. The first-order valence-corrected chi connectivity index (χ1v) is 9.24. The topological polar surface area (TPSA) is 93.1 Å². The Balaban J connectivity index is 1.89. The average Bonchev–Trinajstić information content (AvgIpc) is 3.06. The number of benzene rings is 1. The van der Waals surface area contributed by atoms with Crippen LogP contribution in [0.2, 0.25) is 0 Å². The van der Waals surface area contributed by atoms with Gasteiger partial charge >= 0.3 is 5.97 Å². The van der Waals surface area contributed by atoms with Gasteiger partial charge < -0.3 is 19.5 Å². The minimum Gasteiger partial charge on any atom is -0.494 e. The molecule has 1 aliphatic heterocycles. The number of hydrogen-bond acceptors (Lipinski definition) is 5. The molecule has 27 heavy (non-hydrogen) atoms. The number of carboxylic acids is 1. The molecule has 2 atom stereocenters. The fourth-order valence-corrected chi connectivity index (χ4v) is 3.21. The zero-order valence-corrected chi connectivity index (χ0v) is 15.8. The Kier molecular flexibility index (Phi) is 7.79. The second-order valence-electron chi connectivity index (χ2n) is 6.69. The van der Waals surface area contributed by atoms with E-state index in [-0.39, 0.29) is 43.1 Å². The first-order chi connectivity index (χ1) is 12.9.